The van der Waals surface area contributed by atoms with E-state index in [1.165, 1.54) is 44.6 Å². The third kappa shape index (κ3) is 7.85. The minimum absolute atomic E-state index is 0.0548. The Balaban J connectivity index is 1.23. The first-order valence-corrected chi connectivity index (χ1v) is 14.6. The molecule has 13 heteroatoms. The summed E-state index contributed by atoms with van der Waals surface area (Å²) in [5.74, 6) is 1.20. The highest BCUT2D eigenvalue weighted by atomic mass is 32.2. The lowest BCUT2D eigenvalue weighted by Gasteiger charge is -2.36. The maximum Gasteiger partial charge on any atom is 0.416 e. The van der Waals surface area contributed by atoms with E-state index in [0.717, 1.165) is 17.7 Å². The first-order chi connectivity index (χ1) is 20.0. The number of piperazine rings is 1. The SMILES string of the molecule is COc1ccc(CCNS(=O)(=O)c2ccc(OCC(=O)N3CCN(c4cccc(C(F)(F)F)c4)CC3)cc2)cc1OC. The van der Waals surface area contributed by atoms with Gasteiger partial charge in [-0.2, -0.15) is 13.2 Å². The highest BCUT2D eigenvalue weighted by Gasteiger charge is 2.31. The van der Waals surface area contributed by atoms with Crippen LogP contribution < -0.4 is 23.8 Å². The van der Waals surface area contributed by atoms with E-state index in [4.69, 9.17) is 14.2 Å². The maximum absolute atomic E-state index is 13.0. The van der Waals surface area contributed by atoms with Crippen LogP contribution in [-0.2, 0) is 27.4 Å². The van der Waals surface area contributed by atoms with E-state index < -0.39 is 21.8 Å². The number of benzene rings is 3. The molecule has 0 aromatic heterocycles. The number of nitrogens with zero attached hydrogens (tertiary/aromatic N) is 2. The van der Waals surface area contributed by atoms with Crippen LogP contribution in [0.25, 0.3) is 0 Å². The van der Waals surface area contributed by atoms with E-state index >= 15 is 0 Å². The summed E-state index contributed by atoms with van der Waals surface area (Å²) in [6.07, 6.45) is -3.98. The summed E-state index contributed by atoms with van der Waals surface area (Å²) in [5, 5.41) is 0. The van der Waals surface area contributed by atoms with Crippen molar-refractivity contribution in [3.63, 3.8) is 0 Å². The average Bonchev–Trinajstić information content (AvgIpc) is 2.99. The fourth-order valence-corrected chi connectivity index (χ4v) is 5.53. The molecule has 0 unspecified atom stereocenters. The molecule has 0 atom stereocenters. The number of rotatable bonds is 11. The molecule has 1 aliphatic heterocycles. The third-order valence-electron chi connectivity index (χ3n) is 6.82. The van der Waals surface area contributed by atoms with Crippen molar-refractivity contribution in [3.8, 4) is 17.2 Å². The molecule has 1 fully saturated rings. The number of methoxy groups -OCH3 is 2. The number of halogens is 3. The summed E-state index contributed by atoms with van der Waals surface area (Å²) in [7, 11) is -0.699. The predicted molar refractivity (Wildman–Crippen MR) is 151 cm³/mol. The molecule has 3 aromatic carbocycles. The van der Waals surface area contributed by atoms with E-state index in [0.29, 0.717) is 55.5 Å². The summed E-state index contributed by atoms with van der Waals surface area (Å²) in [6, 6.07) is 16.2. The van der Waals surface area contributed by atoms with Crippen molar-refractivity contribution < 1.29 is 40.6 Å². The molecule has 3 aromatic rings. The Morgan fingerprint density at radius 3 is 2.24 bits per heavy atom. The lowest BCUT2D eigenvalue weighted by Crippen LogP contribution is -2.50. The number of carbonyl (C=O) groups is 1. The Labute approximate surface area is 242 Å². The van der Waals surface area contributed by atoms with Crippen LogP contribution >= 0.6 is 0 Å². The number of hydrogen-bond donors (Lipinski definition) is 1. The minimum Gasteiger partial charge on any atom is -0.493 e. The fraction of sp³-hybridized carbons (Fsp3) is 0.345. The van der Waals surface area contributed by atoms with E-state index in [9.17, 15) is 26.4 Å². The molecule has 1 N–H and O–H groups in total. The summed E-state index contributed by atoms with van der Waals surface area (Å²) >= 11 is 0. The average molecular weight is 608 g/mol. The Morgan fingerprint density at radius 1 is 0.905 bits per heavy atom. The van der Waals surface area contributed by atoms with Crippen LogP contribution in [0.2, 0.25) is 0 Å². The molecule has 0 saturated carbocycles. The van der Waals surface area contributed by atoms with Gasteiger partial charge in [-0.1, -0.05) is 12.1 Å². The summed E-state index contributed by atoms with van der Waals surface area (Å²) in [4.78, 5) is 16.1. The molecule has 1 saturated heterocycles. The second-order valence-electron chi connectivity index (χ2n) is 9.51. The van der Waals surface area contributed by atoms with E-state index in [1.807, 2.05) is 6.07 Å². The van der Waals surface area contributed by atoms with Crippen LogP contribution in [0.3, 0.4) is 0 Å². The van der Waals surface area contributed by atoms with Gasteiger partial charge in [0.05, 0.1) is 24.7 Å². The number of carbonyl (C=O) groups excluding carboxylic acids is 1. The summed E-state index contributed by atoms with van der Waals surface area (Å²) in [6.45, 7) is 1.37. The minimum atomic E-state index is -4.42. The quantitative estimate of drug-likeness (QED) is 0.353. The van der Waals surface area contributed by atoms with Gasteiger partial charge in [-0.15, -0.1) is 0 Å². The second-order valence-corrected chi connectivity index (χ2v) is 11.3. The van der Waals surface area contributed by atoms with Gasteiger partial charge in [0.2, 0.25) is 10.0 Å². The molecule has 226 valence electrons. The second kappa shape index (κ2) is 13.3. The highest BCUT2D eigenvalue weighted by Crippen LogP contribution is 2.32. The summed E-state index contributed by atoms with van der Waals surface area (Å²) in [5.41, 5.74) is 0.621. The zero-order valence-corrected chi connectivity index (χ0v) is 24.0. The lowest BCUT2D eigenvalue weighted by molar-refractivity contribution is -0.137. The first kappa shape index (κ1) is 31.0. The van der Waals surface area contributed by atoms with Gasteiger partial charge in [-0.3, -0.25) is 4.79 Å². The molecule has 0 radical (unpaired) electrons. The van der Waals surface area contributed by atoms with Gasteiger partial charge in [0.1, 0.15) is 5.75 Å². The molecule has 42 heavy (non-hydrogen) atoms. The lowest BCUT2D eigenvalue weighted by atomic mass is 10.1. The van der Waals surface area contributed by atoms with E-state index in [-0.39, 0.29) is 24.0 Å². The van der Waals surface area contributed by atoms with E-state index in [2.05, 4.69) is 4.72 Å². The molecule has 1 heterocycles. The van der Waals surface area contributed by atoms with Gasteiger partial charge in [0, 0.05) is 38.4 Å². The van der Waals surface area contributed by atoms with Crippen molar-refractivity contribution in [2.24, 2.45) is 0 Å². The molecule has 4 rings (SSSR count). The topological polar surface area (TPSA) is 97.4 Å². The Kier molecular flexibility index (Phi) is 9.84. The van der Waals surface area contributed by atoms with Gasteiger partial charge in [0.15, 0.2) is 18.1 Å². The molecule has 0 bridgehead atoms. The third-order valence-corrected chi connectivity index (χ3v) is 8.30. The predicted octanol–water partition coefficient (Wildman–Crippen LogP) is 3.97. The Hall–Kier alpha value is -3.97. The van der Waals surface area contributed by atoms with Crippen LogP contribution in [0.5, 0.6) is 17.2 Å². The molecule has 9 nitrogen and oxygen atoms in total. The zero-order chi connectivity index (χ0) is 30.3. The van der Waals surface area contributed by atoms with Gasteiger partial charge in [-0.05, 0) is 66.6 Å². The smallest absolute Gasteiger partial charge is 0.416 e. The molecule has 1 aliphatic rings. The molecule has 1 amide bonds. The number of anilines is 1. The number of hydrogen-bond acceptors (Lipinski definition) is 7. The van der Waals surface area contributed by atoms with Crippen LogP contribution in [-0.4, -0.2) is 72.8 Å². The standard InChI is InChI=1S/C29H32F3N3O6S/c1-39-26-11-6-21(18-27(26)40-2)12-13-33-42(37,38)25-9-7-24(8-10-25)41-20-28(36)35-16-14-34(15-17-35)23-5-3-4-22(19-23)29(30,31)32/h3-11,18-19,33H,12-17,20H2,1-2H3. The fourth-order valence-electron chi connectivity index (χ4n) is 4.49. The Morgan fingerprint density at radius 2 is 1.60 bits per heavy atom. The van der Waals surface area contributed by atoms with Crippen LogP contribution in [0.1, 0.15) is 11.1 Å². The number of sulfonamides is 1. The van der Waals surface area contributed by atoms with Crippen molar-refractivity contribution in [2.45, 2.75) is 17.5 Å². The number of nitrogens with one attached hydrogen (secondary N) is 1. The number of amides is 1. The normalized spacial score (nSPS) is 14.0. The first-order valence-electron chi connectivity index (χ1n) is 13.1. The van der Waals surface area contributed by atoms with E-state index in [1.54, 1.807) is 28.0 Å². The number of ether oxygens (including phenoxy) is 3. The zero-order valence-electron chi connectivity index (χ0n) is 23.2. The van der Waals surface area contributed by atoms with Crippen molar-refractivity contribution in [3.05, 3.63) is 77.9 Å². The van der Waals surface area contributed by atoms with Gasteiger partial charge in [-0.25, -0.2) is 13.1 Å². The molecular formula is C29H32F3N3O6S. The van der Waals surface area contributed by atoms with Gasteiger partial charge in [0.25, 0.3) is 5.91 Å². The van der Waals surface area contributed by atoms with Crippen LogP contribution in [0, 0.1) is 0 Å². The van der Waals surface area contributed by atoms with Gasteiger partial charge < -0.3 is 24.0 Å². The monoisotopic (exact) mass is 607 g/mol. The van der Waals surface area contributed by atoms with Crippen LogP contribution in [0.4, 0.5) is 18.9 Å². The number of alkyl halides is 3. The van der Waals surface area contributed by atoms with Gasteiger partial charge >= 0.3 is 6.18 Å². The molecule has 0 aliphatic carbocycles. The summed E-state index contributed by atoms with van der Waals surface area (Å²) < 4.78 is 83.1. The van der Waals surface area contributed by atoms with Crippen molar-refractivity contribution in [1.29, 1.82) is 0 Å². The molecule has 0 spiro atoms. The van der Waals surface area contributed by atoms with Crippen molar-refractivity contribution in [1.82, 2.24) is 9.62 Å². The molecular weight excluding hydrogens is 575 g/mol. The maximum atomic E-state index is 13.0. The van der Waals surface area contributed by atoms with Crippen molar-refractivity contribution >= 4 is 21.6 Å². The van der Waals surface area contributed by atoms with Crippen molar-refractivity contribution in [2.75, 3.05) is 58.5 Å². The highest BCUT2D eigenvalue weighted by molar-refractivity contribution is 7.89. The Bertz CT molecular complexity index is 1470. The largest absolute Gasteiger partial charge is 0.493 e. The van der Waals surface area contributed by atoms with Crippen LogP contribution in [0.15, 0.2) is 71.6 Å².